The standard InChI is InChI=1S/C21H22N4O3/c1-28-13-10-22-20(26)19-23-18(17-8-4-5-11-25(17)19)21(27)24-12-9-15-6-2-3-7-16(15)14-24/h2-8,11H,9-10,12-14H2,1H3,(H,22,26). The maximum atomic E-state index is 13.2. The molecule has 0 saturated heterocycles. The molecule has 7 nitrogen and oxygen atoms in total. The SMILES string of the molecule is COCCNC(=O)c1nc(C(=O)N2CCc3ccccc3C2)c2ccccn12. The molecule has 7 heteroatoms. The Hall–Kier alpha value is -3.19. The number of fused-ring (bicyclic) bond motifs is 2. The molecule has 0 radical (unpaired) electrons. The van der Waals surface area contributed by atoms with Gasteiger partial charge in [-0.3, -0.25) is 14.0 Å². The van der Waals surface area contributed by atoms with E-state index in [4.69, 9.17) is 4.74 Å². The number of benzene rings is 1. The van der Waals surface area contributed by atoms with E-state index in [0.717, 1.165) is 12.0 Å². The van der Waals surface area contributed by atoms with Gasteiger partial charge in [-0.1, -0.05) is 30.3 Å². The average molecular weight is 378 g/mol. The highest BCUT2D eigenvalue weighted by atomic mass is 16.5. The van der Waals surface area contributed by atoms with E-state index in [1.807, 2.05) is 30.3 Å². The van der Waals surface area contributed by atoms with E-state index >= 15 is 0 Å². The lowest BCUT2D eigenvalue weighted by Gasteiger charge is -2.28. The predicted octanol–water partition coefficient (Wildman–Crippen LogP) is 1.91. The van der Waals surface area contributed by atoms with Crippen molar-refractivity contribution in [2.24, 2.45) is 0 Å². The average Bonchev–Trinajstić information content (AvgIpc) is 3.13. The van der Waals surface area contributed by atoms with E-state index in [1.54, 1.807) is 22.6 Å². The summed E-state index contributed by atoms with van der Waals surface area (Å²) in [5.74, 6) is -0.289. The minimum Gasteiger partial charge on any atom is -0.383 e. The summed E-state index contributed by atoms with van der Waals surface area (Å²) >= 11 is 0. The molecule has 144 valence electrons. The van der Waals surface area contributed by atoms with Crippen molar-refractivity contribution in [1.82, 2.24) is 19.6 Å². The summed E-state index contributed by atoms with van der Waals surface area (Å²) in [5.41, 5.74) is 3.36. The molecular formula is C21H22N4O3. The van der Waals surface area contributed by atoms with E-state index < -0.39 is 0 Å². The molecule has 3 aromatic rings. The van der Waals surface area contributed by atoms with Crippen LogP contribution in [0.2, 0.25) is 0 Å². The van der Waals surface area contributed by atoms with Crippen molar-refractivity contribution in [2.75, 3.05) is 26.8 Å². The van der Waals surface area contributed by atoms with E-state index in [-0.39, 0.29) is 17.6 Å². The van der Waals surface area contributed by atoms with Crippen molar-refractivity contribution in [1.29, 1.82) is 0 Å². The quantitative estimate of drug-likeness (QED) is 0.688. The summed E-state index contributed by atoms with van der Waals surface area (Å²) < 4.78 is 6.62. The molecule has 0 unspecified atom stereocenters. The number of hydrogen-bond donors (Lipinski definition) is 1. The van der Waals surface area contributed by atoms with Gasteiger partial charge in [0.2, 0.25) is 5.82 Å². The number of hydrogen-bond acceptors (Lipinski definition) is 4. The smallest absolute Gasteiger partial charge is 0.287 e. The molecule has 1 N–H and O–H groups in total. The zero-order chi connectivity index (χ0) is 19.5. The number of nitrogens with one attached hydrogen (secondary N) is 1. The first kappa shape index (κ1) is 18.2. The predicted molar refractivity (Wildman–Crippen MR) is 104 cm³/mol. The van der Waals surface area contributed by atoms with Crippen molar-refractivity contribution >= 4 is 17.3 Å². The molecule has 28 heavy (non-hydrogen) atoms. The van der Waals surface area contributed by atoms with Gasteiger partial charge in [-0.15, -0.1) is 0 Å². The Kier molecular flexibility index (Phi) is 5.08. The Morgan fingerprint density at radius 3 is 2.75 bits per heavy atom. The molecule has 0 atom stereocenters. The Bertz CT molecular complexity index is 1030. The number of nitrogens with zero attached hydrogens (tertiary/aromatic N) is 3. The van der Waals surface area contributed by atoms with Gasteiger partial charge in [-0.05, 0) is 29.7 Å². The molecule has 0 aliphatic carbocycles. The molecule has 3 heterocycles. The molecule has 1 aromatic carbocycles. The number of amides is 2. The zero-order valence-electron chi connectivity index (χ0n) is 15.7. The molecule has 1 aliphatic heterocycles. The highest BCUT2D eigenvalue weighted by Crippen LogP contribution is 2.22. The van der Waals surface area contributed by atoms with Gasteiger partial charge < -0.3 is 15.0 Å². The molecule has 2 aromatic heterocycles. The van der Waals surface area contributed by atoms with Crippen molar-refractivity contribution in [2.45, 2.75) is 13.0 Å². The fraction of sp³-hybridized carbons (Fsp3) is 0.286. The number of ether oxygens (including phenoxy) is 1. The van der Waals surface area contributed by atoms with Gasteiger partial charge in [0.15, 0.2) is 5.69 Å². The molecule has 0 fully saturated rings. The number of imidazole rings is 1. The molecule has 1 aliphatic rings. The lowest BCUT2D eigenvalue weighted by atomic mass is 10.00. The van der Waals surface area contributed by atoms with Gasteiger partial charge in [-0.25, -0.2) is 4.98 Å². The number of pyridine rings is 1. The Morgan fingerprint density at radius 2 is 1.93 bits per heavy atom. The second-order valence-electron chi connectivity index (χ2n) is 6.73. The van der Waals surface area contributed by atoms with Gasteiger partial charge in [0, 0.05) is 32.9 Å². The van der Waals surface area contributed by atoms with Crippen LogP contribution in [0.25, 0.3) is 5.52 Å². The van der Waals surface area contributed by atoms with Crippen molar-refractivity contribution in [3.05, 3.63) is 71.3 Å². The molecule has 0 bridgehead atoms. The number of aromatic nitrogens is 2. The number of methoxy groups -OCH3 is 1. The van der Waals surface area contributed by atoms with Crippen LogP contribution in [-0.2, 0) is 17.7 Å². The first-order valence-corrected chi connectivity index (χ1v) is 9.29. The summed E-state index contributed by atoms with van der Waals surface area (Å²) in [7, 11) is 1.57. The van der Waals surface area contributed by atoms with E-state index in [2.05, 4.69) is 22.4 Å². The Labute approximate surface area is 162 Å². The third-order valence-corrected chi connectivity index (χ3v) is 4.96. The minimum absolute atomic E-state index is 0.158. The fourth-order valence-corrected chi connectivity index (χ4v) is 3.52. The largest absolute Gasteiger partial charge is 0.383 e. The van der Waals surface area contributed by atoms with Crippen molar-refractivity contribution in [3.63, 3.8) is 0 Å². The van der Waals surface area contributed by atoms with Gasteiger partial charge >= 0.3 is 0 Å². The lowest BCUT2D eigenvalue weighted by molar-refractivity contribution is 0.0731. The topological polar surface area (TPSA) is 75.9 Å². The van der Waals surface area contributed by atoms with Gasteiger partial charge in [-0.2, -0.15) is 0 Å². The molecule has 0 saturated carbocycles. The Balaban J connectivity index is 1.64. The third kappa shape index (κ3) is 3.36. The van der Waals surface area contributed by atoms with E-state index in [9.17, 15) is 9.59 Å². The second-order valence-corrected chi connectivity index (χ2v) is 6.73. The fourth-order valence-electron chi connectivity index (χ4n) is 3.52. The highest BCUT2D eigenvalue weighted by Gasteiger charge is 2.27. The summed E-state index contributed by atoms with van der Waals surface area (Å²) in [6, 6.07) is 13.6. The second kappa shape index (κ2) is 7.82. The maximum absolute atomic E-state index is 13.2. The van der Waals surface area contributed by atoms with Crippen LogP contribution in [0.3, 0.4) is 0 Å². The molecule has 2 amide bonds. The van der Waals surface area contributed by atoms with Crippen LogP contribution in [0.1, 0.15) is 32.2 Å². The first-order valence-electron chi connectivity index (χ1n) is 9.29. The first-order chi connectivity index (χ1) is 13.7. The molecule has 4 rings (SSSR count). The van der Waals surface area contributed by atoms with E-state index in [1.165, 1.54) is 5.56 Å². The number of carbonyl (C=O) groups is 2. The third-order valence-electron chi connectivity index (χ3n) is 4.96. The minimum atomic E-state index is -0.332. The number of rotatable bonds is 5. The van der Waals surface area contributed by atoms with Crippen LogP contribution >= 0.6 is 0 Å². The monoisotopic (exact) mass is 378 g/mol. The maximum Gasteiger partial charge on any atom is 0.287 e. The summed E-state index contributed by atoms with van der Waals surface area (Å²) in [4.78, 5) is 32.0. The van der Waals surface area contributed by atoms with Crippen LogP contribution in [0.4, 0.5) is 0 Å². The van der Waals surface area contributed by atoms with Crippen LogP contribution < -0.4 is 5.32 Å². The summed E-state index contributed by atoms with van der Waals surface area (Å²) in [6.45, 7) is 1.98. The number of carbonyl (C=O) groups excluding carboxylic acids is 2. The van der Waals surface area contributed by atoms with Crippen LogP contribution in [-0.4, -0.2) is 52.9 Å². The zero-order valence-corrected chi connectivity index (χ0v) is 15.7. The normalized spacial score (nSPS) is 13.4. The van der Waals surface area contributed by atoms with Crippen LogP contribution in [0, 0.1) is 0 Å². The highest BCUT2D eigenvalue weighted by molar-refractivity contribution is 6.02. The van der Waals surface area contributed by atoms with Gasteiger partial charge in [0.1, 0.15) is 0 Å². The van der Waals surface area contributed by atoms with Crippen LogP contribution in [0.15, 0.2) is 48.7 Å². The molecular weight excluding hydrogens is 356 g/mol. The van der Waals surface area contributed by atoms with Gasteiger partial charge in [0.05, 0.1) is 12.1 Å². The van der Waals surface area contributed by atoms with Crippen molar-refractivity contribution in [3.8, 4) is 0 Å². The summed E-state index contributed by atoms with van der Waals surface area (Å²) in [5, 5.41) is 2.76. The summed E-state index contributed by atoms with van der Waals surface area (Å²) in [6.07, 6.45) is 2.56. The van der Waals surface area contributed by atoms with Gasteiger partial charge in [0.25, 0.3) is 11.8 Å². The van der Waals surface area contributed by atoms with Crippen molar-refractivity contribution < 1.29 is 14.3 Å². The lowest BCUT2D eigenvalue weighted by Crippen LogP contribution is -2.36. The Morgan fingerprint density at radius 1 is 1.14 bits per heavy atom. The van der Waals surface area contributed by atoms with E-state index in [0.29, 0.717) is 37.5 Å². The molecule has 0 spiro atoms. The van der Waals surface area contributed by atoms with Crippen LogP contribution in [0.5, 0.6) is 0 Å².